The van der Waals surface area contributed by atoms with Crippen molar-refractivity contribution in [2.45, 2.75) is 53.4 Å². The normalized spacial score (nSPS) is 11.5. The van der Waals surface area contributed by atoms with Crippen molar-refractivity contribution < 1.29 is 26.2 Å². The first-order valence-corrected chi connectivity index (χ1v) is 23.3. The zero-order valence-corrected chi connectivity index (χ0v) is 41.6. The van der Waals surface area contributed by atoms with Gasteiger partial charge in [0, 0.05) is 38.5 Å². The molecule has 8 aromatic carbocycles. The second-order valence-electron chi connectivity index (χ2n) is 19.1. The Morgan fingerprint density at radius 1 is 0.559 bits per heavy atom. The quantitative estimate of drug-likeness (QED) is 0.139. The van der Waals surface area contributed by atoms with Crippen molar-refractivity contribution >= 4 is 11.0 Å². The maximum absolute atomic E-state index is 12.1. The Labute approximate surface area is 415 Å². The number of imidazole rings is 1. The van der Waals surface area contributed by atoms with Gasteiger partial charge in [-0.25, -0.2) is 4.98 Å². The smallest absolute Gasteiger partial charge is 0.148 e. The van der Waals surface area contributed by atoms with Gasteiger partial charge in [-0.15, -0.1) is 23.8 Å². The summed E-state index contributed by atoms with van der Waals surface area (Å²) in [5.41, 5.74) is 19.0. The SMILES string of the molecule is Cc1cc(C(C)(C)C)cc(-c2nc3c(-c4[c-]c(-c5cc(-c6ccc(-c7ccccc7)cc6)ccn5)cc(-c5ccccc5)c4)cccc3n2-c2ccc(CC(C)C)cc2-c2ccccc2)c1O.[Pt]. The summed E-state index contributed by atoms with van der Waals surface area (Å²) in [6.45, 7) is 13.1. The number of aromatic nitrogens is 3. The van der Waals surface area contributed by atoms with E-state index in [9.17, 15) is 5.11 Å². The van der Waals surface area contributed by atoms with Crippen LogP contribution in [0.25, 0.3) is 95.0 Å². The molecule has 0 spiro atoms. The molecule has 0 saturated carbocycles. The van der Waals surface area contributed by atoms with Gasteiger partial charge in [0.15, 0.2) is 0 Å². The monoisotopic (exact) mass is 1060 g/mol. The summed E-state index contributed by atoms with van der Waals surface area (Å²) in [6.07, 6.45) is 2.85. The molecule has 68 heavy (non-hydrogen) atoms. The van der Waals surface area contributed by atoms with Gasteiger partial charge in [-0.1, -0.05) is 197 Å². The zero-order chi connectivity index (χ0) is 46.2. The Morgan fingerprint density at radius 2 is 1.16 bits per heavy atom. The molecule has 0 aliphatic rings. The minimum atomic E-state index is -0.164. The first-order chi connectivity index (χ1) is 32.5. The Kier molecular flexibility index (Phi) is 13.0. The Hall–Kier alpha value is -7.13. The molecule has 2 heterocycles. The number of pyridine rings is 1. The molecule has 0 bridgehead atoms. The van der Waals surface area contributed by atoms with E-state index in [1.807, 2.05) is 25.3 Å². The van der Waals surface area contributed by atoms with Crippen molar-refractivity contribution in [3.63, 3.8) is 0 Å². The third-order valence-electron chi connectivity index (χ3n) is 12.8. The first-order valence-electron chi connectivity index (χ1n) is 23.3. The third-order valence-corrected chi connectivity index (χ3v) is 12.8. The van der Waals surface area contributed by atoms with E-state index in [2.05, 4.69) is 221 Å². The van der Waals surface area contributed by atoms with Gasteiger partial charge in [-0.05, 0) is 105 Å². The van der Waals surface area contributed by atoms with E-state index in [0.29, 0.717) is 17.3 Å². The fraction of sp³-hybridized carbons (Fsp3) is 0.143. The molecule has 0 amide bonds. The molecule has 2 aromatic heterocycles. The van der Waals surface area contributed by atoms with Crippen LogP contribution in [0.1, 0.15) is 51.3 Å². The summed E-state index contributed by atoms with van der Waals surface area (Å²) < 4.78 is 2.26. The minimum Gasteiger partial charge on any atom is -0.507 e. The molecule has 0 aliphatic heterocycles. The van der Waals surface area contributed by atoms with Gasteiger partial charge in [-0.3, -0.25) is 9.55 Å². The number of phenolic OH excluding ortho intramolecular Hbond substituents is 1. The van der Waals surface area contributed by atoms with Crippen LogP contribution in [0, 0.1) is 18.9 Å². The number of benzene rings is 8. The maximum atomic E-state index is 12.1. The van der Waals surface area contributed by atoms with Gasteiger partial charge < -0.3 is 5.11 Å². The molecule has 338 valence electrons. The van der Waals surface area contributed by atoms with E-state index in [1.165, 1.54) is 16.7 Å². The van der Waals surface area contributed by atoms with Crippen LogP contribution >= 0.6 is 0 Å². The number of rotatable bonds is 10. The summed E-state index contributed by atoms with van der Waals surface area (Å²) in [5, 5.41) is 12.1. The molecular formula is C63H54N3OPt-. The summed E-state index contributed by atoms with van der Waals surface area (Å²) in [6, 6.07) is 70.3. The number of phenols is 1. The Bertz CT molecular complexity index is 3390. The molecule has 0 aliphatic carbocycles. The van der Waals surface area contributed by atoms with Crippen molar-refractivity contribution in [2.75, 3.05) is 0 Å². The van der Waals surface area contributed by atoms with Gasteiger partial charge >= 0.3 is 0 Å². The molecule has 5 heteroatoms. The fourth-order valence-corrected chi connectivity index (χ4v) is 9.24. The third kappa shape index (κ3) is 9.26. The average molecular weight is 1060 g/mol. The maximum Gasteiger partial charge on any atom is 0.148 e. The number of fused-ring (bicyclic) bond motifs is 1. The summed E-state index contributed by atoms with van der Waals surface area (Å²) in [5.74, 6) is 1.40. The van der Waals surface area contributed by atoms with Crippen LogP contribution in [0.2, 0.25) is 0 Å². The van der Waals surface area contributed by atoms with Gasteiger partial charge in [-0.2, -0.15) is 0 Å². The predicted molar refractivity (Wildman–Crippen MR) is 279 cm³/mol. The van der Waals surface area contributed by atoms with Crippen LogP contribution in [0.4, 0.5) is 0 Å². The molecule has 0 fully saturated rings. The zero-order valence-electron chi connectivity index (χ0n) is 39.4. The van der Waals surface area contributed by atoms with Crippen LogP contribution < -0.4 is 0 Å². The Balaban J connectivity index is 0.00000578. The molecule has 4 nitrogen and oxygen atoms in total. The number of hydrogen-bond donors (Lipinski definition) is 1. The van der Waals surface area contributed by atoms with E-state index in [0.717, 1.165) is 90.0 Å². The van der Waals surface area contributed by atoms with Crippen molar-refractivity contribution in [3.8, 4) is 89.7 Å². The van der Waals surface area contributed by atoms with Crippen LogP contribution in [-0.2, 0) is 32.9 Å². The van der Waals surface area contributed by atoms with E-state index < -0.39 is 0 Å². The molecule has 0 atom stereocenters. The van der Waals surface area contributed by atoms with Gasteiger partial charge in [0.05, 0.1) is 22.3 Å². The summed E-state index contributed by atoms with van der Waals surface area (Å²) in [7, 11) is 0. The molecule has 1 N–H and O–H groups in total. The molecule has 10 aromatic rings. The van der Waals surface area contributed by atoms with E-state index >= 15 is 0 Å². The number of nitrogens with zero attached hydrogens (tertiary/aromatic N) is 3. The molecule has 10 rings (SSSR count). The van der Waals surface area contributed by atoms with Gasteiger partial charge in [0.1, 0.15) is 11.6 Å². The van der Waals surface area contributed by atoms with E-state index in [4.69, 9.17) is 9.97 Å². The molecule has 0 saturated heterocycles. The summed E-state index contributed by atoms with van der Waals surface area (Å²) >= 11 is 0. The first kappa shape index (κ1) is 46.0. The Morgan fingerprint density at radius 3 is 1.81 bits per heavy atom. The van der Waals surface area contributed by atoms with Crippen LogP contribution in [0.5, 0.6) is 5.75 Å². The fourth-order valence-electron chi connectivity index (χ4n) is 9.24. The second-order valence-corrected chi connectivity index (χ2v) is 19.1. The van der Waals surface area contributed by atoms with Crippen molar-refractivity contribution in [1.29, 1.82) is 0 Å². The molecule has 0 radical (unpaired) electrons. The molecule has 0 unspecified atom stereocenters. The van der Waals surface area contributed by atoms with Gasteiger partial charge in [0.25, 0.3) is 0 Å². The number of para-hydroxylation sites is 1. The van der Waals surface area contributed by atoms with Crippen molar-refractivity contribution in [2.24, 2.45) is 5.92 Å². The van der Waals surface area contributed by atoms with Gasteiger partial charge in [0.2, 0.25) is 0 Å². The van der Waals surface area contributed by atoms with E-state index in [-0.39, 0.29) is 32.2 Å². The number of aryl methyl sites for hydroxylation is 1. The molecular weight excluding hydrogens is 1010 g/mol. The number of hydrogen-bond acceptors (Lipinski definition) is 3. The minimum absolute atomic E-state index is 0. The standard InChI is InChI=1S/C63H54N3O.Pt/c1-41(2)33-43-25-30-58(55(35-43)48-21-14-9-15-22-48)66-59-24-16-23-54(60(59)65-62(66)56-40-53(63(4,5)6)34-42(3)61(56)67)51-36-50(45-19-12-8-13-20-45)37-52(38-51)57-39-49(31-32-64-57)47-28-26-46(27-29-47)44-17-10-7-11-18-44;/h7-32,34-37,39-41,67H,33H2,1-6H3;/q-1;. The largest absolute Gasteiger partial charge is 0.507 e. The summed E-state index contributed by atoms with van der Waals surface area (Å²) in [4.78, 5) is 10.6. The topological polar surface area (TPSA) is 50.9 Å². The van der Waals surface area contributed by atoms with E-state index in [1.54, 1.807) is 0 Å². The van der Waals surface area contributed by atoms with Crippen LogP contribution in [0.15, 0.2) is 194 Å². The van der Waals surface area contributed by atoms with Crippen molar-refractivity contribution in [3.05, 3.63) is 217 Å². The average Bonchev–Trinajstić information content (AvgIpc) is 3.74. The predicted octanol–water partition coefficient (Wildman–Crippen LogP) is 16.4. The van der Waals surface area contributed by atoms with Crippen LogP contribution in [-0.4, -0.2) is 19.6 Å². The van der Waals surface area contributed by atoms with Crippen molar-refractivity contribution in [1.82, 2.24) is 14.5 Å². The van der Waals surface area contributed by atoms with Crippen LogP contribution in [0.3, 0.4) is 0 Å². The second kappa shape index (κ2) is 19.2. The number of aromatic hydroxyl groups is 1.